The van der Waals surface area contributed by atoms with Crippen molar-refractivity contribution in [1.82, 2.24) is 0 Å². The minimum Gasteiger partial charge on any atom is -0.488 e. The maximum Gasteiger partial charge on any atom is 0.320 e. The minimum absolute atomic E-state index is 0.229. The molecule has 0 aliphatic carbocycles. The topological polar surface area (TPSA) is 61.8 Å². The third-order valence-electron chi connectivity index (χ3n) is 2.93. The average molecular weight is 322 g/mol. The molecular formula is C18H26O5. The quantitative estimate of drug-likeness (QED) is 0.570. The second-order valence-corrected chi connectivity index (χ2v) is 6.12. The number of benzene rings is 1. The smallest absolute Gasteiger partial charge is 0.320 e. The first-order chi connectivity index (χ1) is 10.8. The van der Waals surface area contributed by atoms with E-state index in [0.717, 1.165) is 11.3 Å². The maximum absolute atomic E-state index is 12.0. The molecule has 0 spiro atoms. The van der Waals surface area contributed by atoms with Crippen molar-refractivity contribution in [2.75, 3.05) is 13.2 Å². The van der Waals surface area contributed by atoms with Gasteiger partial charge in [0.1, 0.15) is 11.4 Å². The van der Waals surface area contributed by atoms with Gasteiger partial charge in [0.05, 0.1) is 13.2 Å². The van der Waals surface area contributed by atoms with Crippen LogP contribution in [0.5, 0.6) is 5.75 Å². The standard InChI is InChI=1S/C18H26O5/c1-6-21-16(19)15(17(20)22-7-2)12-13-8-10-14(11-9-13)23-18(3,4)5/h8-11,15H,6-7,12H2,1-5H3. The Morgan fingerprint density at radius 1 is 0.957 bits per heavy atom. The molecule has 1 aromatic carbocycles. The van der Waals surface area contributed by atoms with E-state index in [9.17, 15) is 9.59 Å². The first kappa shape index (κ1) is 19.0. The molecule has 0 fully saturated rings. The summed E-state index contributed by atoms with van der Waals surface area (Å²) in [7, 11) is 0. The molecule has 23 heavy (non-hydrogen) atoms. The third kappa shape index (κ3) is 6.72. The highest BCUT2D eigenvalue weighted by Gasteiger charge is 2.29. The van der Waals surface area contributed by atoms with Gasteiger partial charge in [-0.15, -0.1) is 0 Å². The van der Waals surface area contributed by atoms with Crippen LogP contribution in [0.25, 0.3) is 0 Å². The van der Waals surface area contributed by atoms with E-state index in [0.29, 0.717) is 0 Å². The number of carbonyl (C=O) groups excluding carboxylic acids is 2. The molecule has 0 bridgehead atoms. The van der Waals surface area contributed by atoms with E-state index in [-0.39, 0.29) is 25.2 Å². The van der Waals surface area contributed by atoms with Crippen LogP contribution in [0.1, 0.15) is 40.2 Å². The van der Waals surface area contributed by atoms with Crippen molar-refractivity contribution in [2.24, 2.45) is 5.92 Å². The minimum atomic E-state index is -0.940. The van der Waals surface area contributed by atoms with E-state index in [1.54, 1.807) is 13.8 Å². The lowest BCUT2D eigenvalue weighted by molar-refractivity contribution is -0.161. The van der Waals surface area contributed by atoms with Gasteiger partial charge in [0, 0.05) is 0 Å². The van der Waals surface area contributed by atoms with Gasteiger partial charge in [-0.1, -0.05) is 12.1 Å². The van der Waals surface area contributed by atoms with E-state index >= 15 is 0 Å². The Morgan fingerprint density at radius 3 is 1.83 bits per heavy atom. The van der Waals surface area contributed by atoms with E-state index < -0.39 is 17.9 Å². The van der Waals surface area contributed by atoms with Crippen LogP contribution >= 0.6 is 0 Å². The zero-order valence-electron chi connectivity index (χ0n) is 14.5. The van der Waals surface area contributed by atoms with Crippen LogP contribution in [0.2, 0.25) is 0 Å². The van der Waals surface area contributed by atoms with Crippen molar-refractivity contribution in [1.29, 1.82) is 0 Å². The van der Waals surface area contributed by atoms with Crippen molar-refractivity contribution < 1.29 is 23.8 Å². The van der Waals surface area contributed by atoms with Gasteiger partial charge in [-0.25, -0.2) is 0 Å². The monoisotopic (exact) mass is 322 g/mol. The number of ether oxygens (including phenoxy) is 3. The summed E-state index contributed by atoms with van der Waals surface area (Å²) < 4.78 is 15.7. The molecule has 0 N–H and O–H groups in total. The van der Waals surface area contributed by atoms with Gasteiger partial charge < -0.3 is 14.2 Å². The van der Waals surface area contributed by atoms with Gasteiger partial charge in [-0.2, -0.15) is 0 Å². The van der Waals surface area contributed by atoms with Crippen LogP contribution in [-0.2, 0) is 25.5 Å². The molecule has 5 heteroatoms. The molecule has 0 aromatic heterocycles. The Balaban J connectivity index is 2.82. The van der Waals surface area contributed by atoms with Crippen LogP contribution in [0.3, 0.4) is 0 Å². The summed E-state index contributed by atoms with van der Waals surface area (Å²) in [5.74, 6) is -1.31. The van der Waals surface area contributed by atoms with Crippen LogP contribution in [0.15, 0.2) is 24.3 Å². The number of esters is 2. The molecule has 0 amide bonds. The molecule has 0 unspecified atom stereocenters. The zero-order valence-corrected chi connectivity index (χ0v) is 14.5. The molecule has 1 aromatic rings. The average Bonchev–Trinajstić information content (AvgIpc) is 2.45. The summed E-state index contributed by atoms with van der Waals surface area (Å²) in [6.07, 6.45) is 0.244. The Kier molecular flexibility index (Phi) is 7.07. The van der Waals surface area contributed by atoms with Gasteiger partial charge >= 0.3 is 11.9 Å². The summed E-state index contributed by atoms with van der Waals surface area (Å²) in [5, 5.41) is 0. The molecule has 0 saturated carbocycles. The molecule has 0 aliphatic rings. The Bertz CT molecular complexity index is 495. The summed E-state index contributed by atoms with van der Waals surface area (Å²) in [6.45, 7) is 9.78. The molecule has 128 valence electrons. The molecule has 0 heterocycles. The number of carbonyl (C=O) groups is 2. The van der Waals surface area contributed by atoms with Crippen LogP contribution in [0.4, 0.5) is 0 Å². The Morgan fingerprint density at radius 2 is 1.43 bits per heavy atom. The molecule has 1 rings (SSSR count). The summed E-state index contributed by atoms with van der Waals surface area (Å²) in [5.41, 5.74) is 0.567. The fourth-order valence-electron chi connectivity index (χ4n) is 2.03. The van der Waals surface area contributed by atoms with Crippen LogP contribution in [-0.4, -0.2) is 30.8 Å². The largest absolute Gasteiger partial charge is 0.488 e. The predicted octanol–water partition coefficient (Wildman–Crippen LogP) is 3.15. The first-order valence-corrected chi connectivity index (χ1v) is 7.88. The van der Waals surface area contributed by atoms with Crippen LogP contribution in [0, 0.1) is 5.92 Å². The SMILES string of the molecule is CCOC(=O)C(Cc1ccc(OC(C)(C)C)cc1)C(=O)OCC. The van der Waals surface area contributed by atoms with Gasteiger partial charge in [0.25, 0.3) is 0 Å². The molecule has 5 nitrogen and oxygen atoms in total. The number of rotatable bonds is 7. The van der Waals surface area contributed by atoms with E-state index in [2.05, 4.69) is 0 Å². The normalized spacial score (nSPS) is 11.2. The Labute approximate surface area is 137 Å². The second kappa shape index (κ2) is 8.56. The lowest BCUT2D eigenvalue weighted by atomic mass is 9.99. The predicted molar refractivity (Wildman–Crippen MR) is 87.3 cm³/mol. The highest BCUT2D eigenvalue weighted by Crippen LogP contribution is 2.20. The lowest BCUT2D eigenvalue weighted by Gasteiger charge is -2.21. The third-order valence-corrected chi connectivity index (χ3v) is 2.93. The lowest BCUT2D eigenvalue weighted by Crippen LogP contribution is -2.30. The van der Waals surface area contributed by atoms with Gasteiger partial charge in [0.2, 0.25) is 0 Å². The summed E-state index contributed by atoms with van der Waals surface area (Å²) in [4.78, 5) is 23.9. The van der Waals surface area contributed by atoms with E-state index in [1.807, 2.05) is 45.0 Å². The molecular weight excluding hydrogens is 296 g/mol. The number of hydrogen-bond acceptors (Lipinski definition) is 5. The van der Waals surface area contributed by atoms with Crippen molar-refractivity contribution in [3.63, 3.8) is 0 Å². The molecule has 0 aliphatic heterocycles. The maximum atomic E-state index is 12.0. The van der Waals surface area contributed by atoms with Crippen molar-refractivity contribution in [3.8, 4) is 5.75 Å². The molecule has 0 radical (unpaired) electrons. The van der Waals surface area contributed by atoms with E-state index in [1.165, 1.54) is 0 Å². The number of hydrogen-bond donors (Lipinski definition) is 0. The second-order valence-electron chi connectivity index (χ2n) is 6.12. The summed E-state index contributed by atoms with van der Waals surface area (Å²) >= 11 is 0. The van der Waals surface area contributed by atoms with Gasteiger partial charge in [-0.05, 0) is 58.7 Å². The van der Waals surface area contributed by atoms with Crippen molar-refractivity contribution in [2.45, 2.75) is 46.6 Å². The van der Waals surface area contributed by atoms with E-state index in [4.69, 9.17) is 14.2 Å². The highest BCUT2D eigenvalue weighted by atomic mass is 16.6. The first-order valence-electron chi connectivity index (χ1n) is 7.88. The van der Waals surface area contributed by atoms with Gasteiger partial charge in [-0.3, -0.25) is 9.59 Å². The van der Waals surface area contributed by atoms with Crippen molar-refractivity contribution in [3.05, 3.63) is 29.8 Å². The Hall–Kier alpha value is -2.04. The summed E-state index contributed by atoms with van der Waals surface area (Å²) in [6, 6.07) is 7.33. The fourth-order valence-corrected chi connectivity index (χ4v) is 2.03. The van der Waals surface area contributed by atoms with Gasteiger partial charge in [0.15, 0.2) is 5.92 Å². The zero-order chi connectivity index (χ0) is 17.5. The molecule has 0 saturated heterocycles. The van der Waals surface area contributed by atoms with Crippen LogP contribution < -0.4 is 4.74 Å². The highest BCUT2D eigenvalue weighted by molar-refractivity contribution is 5.95. The fraction of sp³-hybridized carbons (Fsp3) is 0.556. The van der Waals surface area contributed by atoms with Crippen molar-refractivity contribution >= 4 is 11.9 Å². The molecule has 0 atom stereocenters.